The van der Waals surface area contributed by atoms with Gasteiger partial charge < -0.3 is 10.1 Å². The highest BCUT2D eigenvalue weighted by molar-refractivity contribution is 9.10. The molecule has 0 aliphatic carbocycles. The molecule has 0 bridgehead atoms. The Morgan fingerprint density at radius 3 is 3.05 bits per heavy atom. The molecule has 19 heavy (non-hydrogen) atoms. The van der Waals surface area contributed by atoms with Gasteiger partial charge in [-0.2, -0.15) is 0 Å². The minimum absolute atomic E-state index is 0.297. The first kappa shape index (κ1) is 14.4. The quantitative estimate of drug-likeness (QED) is 0.866. The molecule has 2 aromatic rings. The van der Waals surface area contributed by atoms with Crippen molar-refractivity contribution in [2.24, 2.45) is 0 Å². The maximum atomic E-state index is 13.1. The summed E-state index contributed by atoms with van der Waals surface area (Å²) < 4.78 is 19.0. The zero-order chi connectivity index (χ0) is 13.7. The predicted molar refractivity (Wildman–Crippen MR) is 77.9 cm³/mol. The number of nitrogens with zero attached hydrogens (tertiary/aromatic N) is 1. The number of hydrogen-bond donors (Lipinski definition) is 1. The van der Waals surface area contributed by atoms with E-state index in [2.05, 4.69) is 33.2 Å². The minimum Gasteiger partial charge on any atom is -0.487 e. The smallest absolute Gasteiger partial charge is 0.137 e. The van der Waals surface area contributed by atoms with E-state index in [4.69, 9.17) is 4.74 Å². The molecule has 0 aliphatic rings. The van der Waals surface area contributed by atoms with Gasteiger partial charge in [0.05, 0.1) is 10.2 Å². The van der Waals surface area contributed by atoms with Crippen molar-refractivity contribution in [1.82, 2.24) is 10.3 Å². The third-order valence-corrected chi connectivity index (χ3v) is 3.91. The molecule has 1 aromatic carbocycles. The molecule has 102 valence electrons. The van der Waals surface area contributed by atoms with E-state index in [1.54, 1.807) is 23.5 Å². The molecule has 0 saturated carbocycles. The van der Waals surface area contributed by atoms with E-state index in [-0.39, 0.29) is 5.82 Å². The molecule has 0 unspecified atom stereocenters. The highest BCUT2D eigenvalue weighted by Crippen LogP contribution is 2.22. The highest BCUT2D eigenvalue weighted by Gasteiger charge is 2.04. The average molecular weight is 345 g/mol. The van der Waals surface area contributed by atoms with Gasteiger partial charge in [0.1, 0.15) is 23.2 Å². The van der Waals surface area contributed by atoms with Crippen LogP contribution in [-0.2, 0) is 13.2 Å². The lowest BCUT2D eigenvalue weighted by Crippen LogP contribution is -2.11. The van der Waals surface area contributed by atoms with E-state index in [0.717, 1.165) is 23.8 Å². The molecule has 1 N–H and O–H groups in total. The van der Waals surface area contributed by atoms with E-state index in [1.165, 1.54) is 6.07 Å². The van der Waals surface area contributed by atoms with Crippen molar-refractivity contribution in [2.45, 2.75) is 20.1 Å². The van der Waals surface area contributed by atoms with Crippen LogP contribution in [0.5, 0.6) is 5.75 Å². The van der Waals surface area contributed by atoms with E-state index < -0.39 is 0 Å². The van der Waals surface area contributed by atoms with Crippen LogP contribution in [0.25, 0.3) is 0 Å². The van der Waals surface area contributed by atoms with Gasteiger partial charge in [0.2, 0.25) is 0 Å². The van der Waals surface area contributed by atoms with Crippen LogP contribution in [0, 0.1) is 5.82 Å². The van der Waals surface area contributed by atoms with E-state index >= 15 is 0 Å². The molecule has 3 nitrogen and oxygen atoms in total. The van der Waals surface area contributed by atoms with Crippen molar-refractivity contribution < 1.29 is 9.13 Å². The largest absolute Gasteiger partial charge is 0.487 e. The Kier molecular flexibility index (Phi) is 5.30. The first-order valence-electron chi connectivity index (χ1n) is 5.91. The minimum atomic E-state index is -0.297. The van der Waals surface area contributed by atoms with Gasteiger partial charge in [0.25, 0.3) is 0 Å². The number of aromatic nitrogens is 1. The van der Waals surface area contributed by atoms with Crippen molar-refractivity contribution in [3.05, 3.63) is 44.6 Å². The lowest BCUT2D eigenvalue weighted by molar-refractivity contribution is 0.301. The molecular weight excluding hydrogens is 331 g/mol. The normalized spacial score (nSPS) is 10.7. The first-order chi connectivity index (χ1) is 9.19. The molecule has 2 rings (SSSR count). The van der Waals surface area contributed by atoms with Crippen molar-refractivity contribution >= 4 is 27.3 Å². The summed E-state index contributed by atoms with van der Waals surface area (Å²) in [7, 11) is 0. The zero-order valence-corrected chi connectivity index (χ0v) is 12.9. The van der Waals surface area contributed by atoms with E-state index in [0.29, 0.717) is 16.8 Å². The van der Waals surface area contributed by atoms with Crippen LogP contribution in [-0.4, -0.2) is 11.5 Å². The standard InChI is InChI=1S/C13H14BrFN2OS/c1-2-16-6-13-17-9(8-19-13)7-18-10-3-4-12(15)11(14)5-10/h3-5,8,16H,2,6-7H2,1H3. The monoisotopic (exact) mass is 344 g/mol. The number of benzene rings is 1. The molecular formula is C13H14BrFN2OS. The van der Waals surface area contributed by atoms with Crippen molar-refractivity contribution in [3.63, 3.8) is 0 Å². The van der Waals surface area contributed by atoms with Gasteiger partial charge in [-0.1, -0.05) is 6.92 Å². The first-order valence-corrected chi connectivity index (χ1v) is 7.58. The van der Waals surface area contributed by atoms with Crippen LogP contribution in [0.1, 0.15) is 17.6 Å². The SMILES string of the molecule is CCNCc1nc(COc2ccc(F)c(Br)c2)cs1. The topological polar surface area (TPSA) is 34.2 Å². The average Bonchev–Trinajstić information content (AvgIpc) is 2.86. The Morgan fingerprint density at radius 1 is 1.47 bits per heavy atom. The van der Waals surface area contributed by atoms with Gasteiger partial charge >= 0.3 is 0 Å². The van der Waals surface area contributed by atoms with Gasteiger partial charge in [-0.15, -0.1) is 11.3 Å². The Hall–Kier alpha value is -0.980. The third-order valence-electron chi connectivity index (χ3n) is 2.40. The van der Waals surface area contributed by atoms with Gasteiger partial charge in [0.15, 0.2) is 0 Å². The molecule has 0 atom stereocenters. The van der Waals surface area contributed by atoms with Crippen LogP contribution in [0.2, 0.25) is 0 Å². The Labute approximate surface area is 124 Å². The van der Waals surface area contributed by atoms with Gasteiger partial charge in [0, 0.05) is 11.9 Å². The molecule has 0 radical (unpaired) electrons. The number of halogens is 2. The van der Waals surface area contributed by atoms with Crippen molar-refractivity contribution in [1.29, 1.82) is 0 Å². The fourth-order valence-electron chi connectivity index (χ4n) is 1.45. The number of nitrogens with one attached hydrogen (secondary N) is 1. The van der Waals surface area contributed by atoms with Crippen molar-refractivity contribution in [2.75, 3.05) is 6.54 Å². The maximum absolute atomic E-state index is 13.1. The fourth-order valence-corrected chi connectivity index (χ4v) is 2.56. The zero-order valence-electron chi connectivity index (χ0n) is 10.5. The lowest BCUT2D eigenvalue weighted by Gasteiger charge is -2.05. The summed E-state index contributed by atoms with van der Waals surface area (Å²) in [5, 5.41) is 6.24. The Bertz CT molecular complexity index is 547. The molecule has 1 aromatic heterocycles. The van der Waals surface area contributed by atoms with E-state index in [1.807, 2.05) is 5.38 Å². The second-order valence-corrected chi connectivity index (χ2v) is 5.67. The molecule has 0 spiro atoms. The highest BCUT2D eigenvalue weighted by atomic mass is 79.9. The van der Waals surface area contributed by atoms with Crippen molar-refractivity contribution in [3.8, 4) is 5.75 Å². The maximum Gasteiger partial charge on any atom is 0.137 e. The summed E-state index contributed by atoms with van der Waals surface area (Å²) >= 11 is 4.74. The summed E-state index contributed by atoms with van der Waals surface area (Å²) in [6, 6.07) is 4.59. The molecule has 1 heterocycles. The van der Waals surface area contributed by atoms with Crippen LogP contribution < -0.4 is 10.1 Å². The van der Waals surface area contributed by atoms with E-state index in [9.17, 15) is 4.39 Å². The predicted octanol–water partition coefficient (Wildman–Crippen LogP) is 3.73. The lowest BCUT2D eigenvalue weighted by atomic mass is 10.3. The van der Waals surface area contributed by atoms with Gasteiger partial charge in [-0.05, 0) is 40.7 Å². The molecule has 0 saturated heterocycles. The second-order valence-electron chi connectivity index (χ2n) is 3.88. The molecule has 0 amide bonds. The summed E-state index contributed by atoms with van der Waals surface area (Å²) in [6.45, 7) is 4.16. The summed E-state index contributed by atoms with van der Waals surface area (Å²) in [6.07, 6.45) is 0. The van der Waals surface area contributed by atoms with Gasteiger partial charge in [-0.3, -0.25) is 0 Å². The van der Waals surface area contributed by atoms with Crippen LogP contribution in [0.4, 0.5) is 4.39 Å². The van der Waals surface area contributed by atoms with Gasteiger partial charge in [-0.25, -0.2) is 9.37 Å². The molecule has 6 heteroatoms. The fraction of sp³-hybridized carbons (Fsp3) is 0.308. The van der Waals surface area contributed by atoms with Crippen LogP contribution >= 0.6 is 27.3 Å². The summed E-state index contributed by atoms with van der Waals surface area (Å²) in [5.41, 5.74) is 0.887. The Morgan fingerprint density at radius 2 is 2.32 bits per heavy atom. The van der Waals surface area contributed by atoms with Crippen LogP contribution in [0.15, 0.2) is 28.1 Å². The Balaban J connectivity index is 1.91. The molecule has 0 aliphatic heterocycles. The number of hydrogen-bond acceptors (Lipinski definition) is 4. The molecule has 0 fully saturated rings. The number of ether oxygens (including phenoxy) is 1. The summed E-state index contributed by atoms with van der Waals surface area (Å²) in [4.78, 5) is 4.45. The van der Waals surface area contributed by atoms with Crippen LogP contribution in [0.3, 0.4) is 0 Å². The number of thiazole rings is 1. The third kappa shape index (κ3) is 4.26. The summed E-state index contributed by atoms with van der Waals surface area (Å²) in [5.74, 6) is 0.323. The second kappa shape index (κ2) is 6.98. The number of rotatable bonds is 6.